The number of nitrogen functional groups attached to an aromatic ring is 1. The van der Waals surface area contributed by atoms with Crippen LogP contribution in [0.25, 0.3) is 0 Å². The number of aromatic nitrogens is 3. The lowest BCUT2D eigenvalue weighted by Gasteiger charge is -2.17. The van der Waals surface area contributed by atoms with E-state index in [1.165, 1.54) is 11.5 Å². The van der Waals surface area contributed by atoms with Crippen LogP contribution in [-0.4, -0.2) is 25.8 Å². The Morgan fingerprint density at radius 2 is 1.75 bits per heavy atom. The Hall–Kier alpha value is -3.99. The molecular weight excluding hydrogens is 488 g/mol. The first-order valence-electron chi connectivity index (χ1n) is 11.2. The molecule has 0 saturated heterocycles. The molecule has 12 heteroatoms. The van der Waals surface area contributed by atoms with E-state index in [-0.39, 0.29) is 18.3 Å². The fourth-order valence-electron chi connectivity index (χ4n) is 3.62. The average molecular weight is 515 g/mol. The highest BCUT2D eigenvalue weighted by Crippen LogP contribution is 2.24. The monoisotopic (exact) mass is 514 g/mol. The Morgan fingerprint density at radius 1 is 1.08 bits per heavy atom. The molecule has 2 N–H and O–H groups in total. The van der Waals surface area contributed by atoms with E-state index < -0.39 is 29.7 Å². The van der Waals surface area contributed by atoms with Gasteiger partial charge in [0.25, 0.3) is 5.91 Å². The number of hydrogen-bond acceptors (Lipinski definition) is 7. The van der Waals surface area contributed by atoms with Gasteiger partial charge in [0.1, 0.15) is 5.75 Å². The molecule has 2 aromatic carbocycles. The second kappa shape index (κ2) is 11.2. The Labute approximate surface area is 211 Å². The number of aryl methyl sites for hydroxylation is 1. The van der Waals surface area contributed by atoms with Gasteiger partial charge in [0.05, 0.1) is 24.8 Å². The number of nitrogens with two attached hydrogens (primary N) is 1. The lowest BCUT2D eigenvalue weighted by Crippen LogP contribution is -2.58. The van der Waals surface area contributed by atoms with Gasteiger partial charge in [-0.2, -0.15) is 4.68 Å². The van der Waals surface area contributed by atoms with Crippen LogP contribution >= 0.6 is 11.6 Å². The molecule has 0 aliphatic rings. The SMILES string of the molecule is Cc1cc(N=c2n(N)c(=O)n([C@@H](C)CC(=O)N=O)c(=O)n2Cc2ccc(Cl)cc2)ccc1OC(C)C. The topological polar surface area (TPSA) is 143 Å². The Morgan fingerprint density at radius 3 is 2.33 bits per heavy atom. The van der Waals surface area contributed by atoms with Crippen molar-refractivity contribution in [1.82, 2.24) is 13.8 Å². The van der Waals surface area contributed by atoms with Gasteiger partial charge in [-0.3, -0.25) is 9.36 Å². The Bertz CT molecular complexity index is 1470. The number of benzene rings is 2. The molecule has 190 valence electrons. The molecule has 1 atom stereocenters. The highest BCUT2D eigenvalue weighted by Gasteiger charge is 2.20. The molecule has 1 heterocycles. The molecule has 1 amide bonds. The second-order valence-electron chi connectivity index (χ2n) is 8.58. The minimum absolute atomic E-state index is 0.00639. The Balaban J connectivity index is 2.25. The van der Waals surface area contributed by atoms with Crippen LogP contribution in [0.1, 0.15) is 44.4 Å². The van der Waals surface area contributed by atoms with Crippen LogP contribution in [0.2, 0.25) is 5.02 Å². The first-order valence-corrected chi connectivity index (χ1v) is 11.6. The summed E-state index contributed by atoms with van der Waals surface area (Å²) in [5.41, 5.74) is 0.185. The summed E-state index contributed by atoms with van der Waals surface area (Å²) in [7, 11) is 0. The van der Waals surface area contributed by atoms with Crippen LogP contribution in [-0.2, 0) is 11.3 Å². The summed E-state index contributed by atoms with van der Waals surface area (Å²) in [5, 5.41) is 2.86. The Kier molecular flexibility index (Phi) is 8.25. The number of carbonyl (C=O) groups is 1. The second-order valence-corrected chi connectivity index (χ2v) is 9.02. The molecule has 0 radical (unpaired) electrons. The quantitative estimate of drug-likeness (QED) is 0.361. The first kappa shape index (κ1) is 26.6. The number of rotatable bonds is 8. The van der Waals surface area contributed by atoms with Gasteiger partial charge in [-0.05, 0) is 69.2 Å². The summed E-state index contributed by atoms with van der Waals surface area (Å²) in [5.74, 6) is 5.82. The van der Waals surface area contributed by atoms with Gasteiger partial charge in [0, 0.05) is 16.2 Å². The summed E-state index contributed by atoms with van der Waals surface area (Å²) in [6.07, 6.45) is -0.454. The molecule has 0 unspecified atom stereocenters. The molecule has 0 spiro atoms. The number of halogens is 1. The predicted molar refractivity (Wildman–Crippen MR) is 136 cm³/mol. The van der Waals surface area contributed by atoms with Crippen LogP contribution in [0.4, 0.5) is 5.69 Å². The maximum absolute atomic E-state index is 13.5. The maximum Gasteiger partial charge on any atom is 0.354 e. The smallest absolute Gasteiger partial charge is 0.354 e. The molecule has 0 aliphatic heterocycles. The fraction of sp³-hybridized carbons (Fsp3) is 0.333. The summed E-state index contributed by atoms with van der Waals surface area (Å²) < 4.78 is 8.52. The number of ether oxygens (including phenoxy) is 1. The molecule has 0 saturated carbocycles. The van der Waals surface area contributed by atoms with E-state index in [2.05, 4.69) is 10.2 Å². The number of nitroso groups, excluding NO2 is 1. The summed E-state index contributed by atoms with van der Waals surface area (Å²) in [6.45, 7) is 7.14. The third-order valence-corrected chi connectivity index (χ3v) is 5.57. The molecule has 1 aromatic heterocycles. The van der Waals surface area contributed by atoms with Crippen molar-refractivity contribution < 1.29 is 9.53 Å². The van der Waals surface area contributed by atoms with E-state index in [4.69, 9.17) is 22.2 Å². The third kappa shape index (κ3) is 5.98. The van der Waals surface area contributed by atoms with Gasteiger partial charge in [-0.25, -0.2) is 19.1 Å². The van der Waals surface area contributed by atoms with E-state index in [9.17, 15) is 19.3 Å². The van der Waals surface area contributed by atoms with E-state index in [1.807, 2.05) is 20.8 Å². The van der Waals surface area contributed by atoms with Crippen LogP contribution in [0, 0.1) is 11.8 Å². The van der Waals surface area contributed by atoms with Crippen molar-refractivity contribution in [2.45, 2.75) is 52.8 Å². The van der Waals surface area contributed by atoms with E-state index in [0.717, 1.165) is 14.8 Å². The van der Waals surface area contributed by atoms with Crippen molar-refractivity contribution in [2.24, 2.45) is 10.2 Å². The lowest BCUT2D eigenvalue weighted by molar-refractivity contribution is -0.118. The summed E-state index contributed by atoms with van der Waals surface area (Å²) in [6, 6.07) is 11.0. The number of nitrogens with zero attached hydrogens (tertiary/aromatic N) is 5. The zero-order valence-corrected chi connectivity index (χ0v) is 21.1. The minimum atomic E-state index is -0.991. The largest absolute Gasteiger partial charge is 0.491 e. The molecular formula is C24H27ClN6O5. The highest BCUT2D eigenvalue weighted by atomic mass is 35.5. The lowest BCUT2D eigenvalue weighted by atomic mass is 10.2. The highest BCUT2D eigenvalue weighted by molar-refractivity contribution is 6.30. The van der Waals surface area contributed by atoms with Crippen molar-refractivity contribution in [3.05, 3.63) is 90.1 Å². The van der Waals surface area contributed by atoms with E-state index in [1.54, 1.807) is 42.5 Å². The molecule has 3 aromatic rings. The molecule has 3 rings (SSSR count). The average Bonchev–Trinajstić information content (AvgIpc) is 2.82. The third-order valence-electron chi connectivity index (χ3n) is 5.32. The fourth-order valence-corrected chi connectivity index (χ4v) is 3.74. The van der Waals surface area contributed by atoms with Gasteiger partial charge in [-0.15, -0.1) is 4.91 Å². The summed E-state index contributed by atoms with van der Waals surface area (Å²) >= 11 is 5.99. The van der Waals surface area contributed by atoms with Crippen LogP contribution in [0.5, 0.6) is 5.75 Å². The van der Waals surface area contributed by atoms with E-state index in [0.29, 0.717) is 22.0 Å². The van der Waals surface area contributed by atoms with Crippen molar-refractivity contribution in [2.75, 3.05) is 5.84 Å². The van der Waals surface area contributed by atoms with Crippen LogP contribution in [0.3, 0.4) is 0 Å². The first-order chi connectivity index (χ1) is 17.0. The van der Waals surface area contributed by atoms with Crippen molar-refractivity contribution in [3.8, 4) is 5.75 Å². The van der Waals surface area contributed by atoms with Crippen LogP contribution in [0.15, 0.2) is 62.2 Å². The minimum Gasteiger partial charge on any atom is -0.491 e. The zero-order valence-electron chi connectivity index (χ0n) is 20.3. The van der Waals surface area contributed by atoms with Crippen molar-refractivity contribution in [1.29, 1.82) is 0 Å². The van der Waals surface area contributed by atoms with Crippen molar-refractivity contribution in [3.63, 3.8) is 0 Å². The zero-order chi connectivity index (χ0) is 26.6. The molecule has 36 heavy (non-hydrogen) atoms. The summed E-state index contributed by atoms with van der Waals surface area (Å²) in [4.78, 5) is 53.2. The number of carbonyl (C=O) groups excluding carboxylic acids is 1. The van der Waals surface area contributed by atoms with E-state index >= 15 is 0 Å². The molecule has 0 aliphatic carbocycles. The normalized spacial score (nSPS) is 12.6. The molecule has 0 fully saturated rings. The van der Waals surface area contributed by atoms with Gasteiger partial charge >= 0.3 is 11.4 Å². The standard InChI is InChI=1S/C24H27ClN6O5/c1-14(2)36-20-10-9-19(11-15(20)3)27-22-29(13-17-5-7-18(25)8-6-17)23(33)30(24(34)31(22)26)16(4)12-21(32)28-35/h5-11,14,16H,12-13,26H2,1-4H3/t16-/m0/s1. The van der Waals surface area contributed by atoms with Crippen molar-refractivity contribution >= 4 is 23.2 Å². The van der Waals surface area contributed by atoms with Gasteiger partial charge in [0.2, 0.25) is 5.62 Å². The maximum atomic E-state index is 13.5. The number of hydrogen-bond donors (Lipinski definition) is 1. The van der Waals surface area contributed by atoms with Crippen LogP contribution < -0.4 is 27.6 Å². The predicted octanol–water partition coefficient (Wildman–Crippen LogP) is 2.80. The number of amides is 1. The molecule has 11 nitrogen and oxygen atoms in total. The van der Waals surface area contributed by atoms with Gasteiger partial charge in [0.15, 0.2) is 0 Å². The molecule has 0 bridgehead atoms. The van der Waals surface area contributed by atoms with Gasteiger partial charge in [-0.1, -0.05) is 23.7 Å². The van der Waals surface area contributed by atoms with Gasteiger partial charge < -0.3 is 10.6 Å².